The molecular formula is C29H34N2O4S2. The minimum atomic E-state index is -3.65. The lowest BCUT2D eigenvalue weighted by Gasteiger charge is -2.23. The van der Waals surface area contributed by atoms with Gasteiger partial charge in [0.1, 0.15) is 0 Å². The second-order valence-corrected chi connectivity index (χ2v) is 16.8. The lowest BCUT2D eigenvalue weighted by atomic mass is 10.0. The number of hydrogen-bond acceptors (Lipinski definition) is 6. The second-order valence-electron chi connectivity index (χ2n) is 11.5. The number of hydrogen-bond donors (Lipinski definition) is 0. The van der Waals surface area contributed by atoms with Gasteiger partial charge in [-0.05, 0) is 71.9 Å². The van der Waals surface area contributed by atoms with Gasteiger partial charge in [0, 0.05) is 41.5 Å². The first-order valence-electron chi connectivity index (χ1n) is 12.1. The molecule has 1 aromatic heterocycles. The molecule has 0 saturated heterocycles. The maximum atomic E-state index is 13.5. The van der Waals surface area contributed by atoms with E-state index in [2.05, 4.69) is 0 Å². The van der Waals surface area contributed by atoms with Gasteiger partial charge in [-0.3, -0.25) is 0 Å². The van der Waals surface area contributed by atoms with Gasteiger partial charge in [-0.1, -0.05) is 30.3 Å². The topological polar surface area (TPSA) is 84.4 Å². The van der Waals surface area contributed by atoms with E-state index in [9.17, 15) is 16.8 Å². The van der Waals surface area contributed by atoms with Crippen LogP contribution in [0.3, 0.4) is 0 Å². The molecule has 196 valence electrons. The molecule has 0 radical (unpaired) electrons. The number of nitrogens with zero attached hydrogens (tertiary/aromatic N) is 2. The summed E-state index contributed by atoms with van der Waals surface area (Å²) in [6.45, 7) is 10.1. The van der Waals surface area contributed by atoms with Crippen molar-refractivity contribution in [1.82, 2.24) is 4.98 Å². The number of fused-ring (bicyclic) bond motifs is 2. The quantitative estimate of drug-likeness (QED) is 0.305. The van der Waals surface area contributed by atoms with E-state index in [0.717, 1.165) is 16.5 Å². The molecule has 8 heteroatoms. The van der Waals surface area contributed by atoms with Gasteiger partial charge in [0.15, 0.2) is 19.7 Å². The summed E-state index contributed by atoms with van der Waals surface area (Å²) in [5.74, 6) is 0. The Kier molecular flexibility index (Phi) is 6.44. The number of sulfone groups is 2. The summed E-state index contributed by atoms with van der Waals surface area (Å²) < 4.78 is 51.8. The second kappa shape index (κ2) is 8.81. The van der Waals surface area contributed by atoms with Crippen LogP contribution in [-0.2, 0) is 19.7 Å². The fourth-order valence-electron chi connectivity index (χ4n) is 4.25. The van der Waals surface area contributed by atoms with Crippen LogP contribution >= 0.6 is 0 Å². The van der Waals surface area contributed by atoms with Crippen LogP contribution in [0.1, 0.15) is 41.5 Å². The molecule has 0 fully saturated rings. The van der Waals surface area contributed by atoms with Crippen LogP contribution in [0.4, 0.5) is 5.69 Å². The highest BCUT2D eigenvalue weighted by molar-refractivity contribution is 7.93. The molecule has 4 aromatic rings. The molecule has 0 N–H and O–H groups in total. The average molecular weight is 539 g/mol. The van der Waals surface area contributed by atoms with Gasteiger partial charge in [-0.25, -0.2) is 21.8 Å². The summed E-state index contributed by atoms with van der Waals surface area (Å²) in [4.78, 5) is 7.21. The van der Waals surface area contributed by atoms with Crippen LogP contribution in [0.5, 0.6) is 0 Å². The van der Waals surface area contributed by atoms with Crippen molar-refractivity contribution in [2.75, 3.05) is 19.0 Å². The Bertz CT molecular complexity index is 1740. The van der Waals surface area contributed by atoms with Crippen molar-refractivity contribution in [1.29, 1.82) is 0 Å². The van der Waals surface area contributed by atoms with Crippen LogP contribution in [0.25, 0.3) is 32.9 Å². The number of aromatic nitrogens is 1. The van der Waals surface area contributed by atoms with Crippen molar-refractivity contribution in [2.24, 2.45) is 0 Å². The van der Waals surface area contributed by atoms with Gasteiger partial charge in [0.05, 0.1) is 30.5 Å². The van der Waals surface area contributed by atoms with Crippen LogP contribution < -0.4 is 4.90 Å². The molecule has 0 aliphatic carbocycles. The van der Waals surface area contributed by atoms with E-state index in [0.29, 0.717) is 22.2 Å². The summed E-state index contributed by atoms with van der Waals surface area (Å²) in [6, 6.07) is 18.0. The fraction of sp³-hybridized carbons (Fsp3) is 0.345. The van der Waals surface area contributed by atoms with E-state index in [1.165, 1.54) is 0 Å². The third-order valence-corrected chi connectivity index (χ3v) is 11.7. The van der Waals surface area contributed by atoms with Gasteiger partial charge in [-0.15, -0.1) is 0 Å². The summed E-state index contributed by atoms with van der Waals surface area (Å²) in [6.07, 6.45) is 0. The van der Waals surface area contributed by atoms with E-state index < -0.39 is 29.2 Å². The minimum absolute atomic E-state index is 0.184. The van der Waals surface area contributed by atoms with E-state index in [4.69, 9.17) is 4.98 Å². The summed E-state index contributed by atoms with van der Waals surface area (Å²) in [5, 5.41) is 2.14. The fourth-order valence-corrected chi connectivity index (χ4v) is 6.96. The van der Waals surface area contributed by atoms with Crippen molar-refractivity contribution in [3.05, 3.63) is 60.7 Å². The molecule has 3 aromatic carbocycles. The average Bonchev–Trinajstić information content (AvgIpc) is 2.80. The third kappa shape index (κ3) is 4.50. The van der Waals surface area contributed by atoms with Crippen LogP contribution in [-0.4, -0.2) is 45.4 Å². The standard InChI is InChI=1S/C29H34N2O4S2/c1-28(2,3)36(32,33)25-13-10-12-21-22(25)17-20(18-24(21)31(7)8)23-16-15-19-11-9-14-26(27(19)30-23)37(34,35)29(4,5)6/h9-18H,1-8H3. The first-order valence-corrected chi connectivity index (χ1v) is 15.1. The Morgan fingerprint density at radius 3 is 1.84 bits per heavy atom. The summed E-state index contributed by atoms with van der Waals surface area (Å²) >= 11 is 0. The van der Waals surface area contributed by atoms with E-state index in [1.807, 2.05) is 55.4 Å². The van der Waals surface area contributed by atoms with Gasteiger partial charge >= 0.3 is 0 Å². The SMILES string of the molecule is CN(C)c1cc(-c2ccc3cccc(S(=O)(=O)C(C)(C)C)c3n2)cc2c(S(=O)(=O)C(C)(C)C)cccc12. The largest absolute Gasteiger partial charge is 0.377 e. The lowest BCUT2D eigenvalue weighted by molar-refractivity contribution is 0.560. The zero-order chi connectivity index (χ0) is 27.6. The van der Waals surface area contributed by atoms with Crippen LogP contribution in [0, 0.1) is 0 Å². The molecule has 6 nitrogen and oxygen atoms in total. The Labute approximate surface area is 220 Å². The van der Waals surface area contributed by atoms with Crippen LogP contribution in [0.15, 0.2) is 70.5 Å². The third-order valence-electron chi connectivity index (χ3n) is 6.59. The Balaban J connectivity index is 2.07. The summed E-state index contributed by atoms with van der Waals surface area (Å²) in [5.41, 5.74) is 2.52. The monoisotopic (exact) mass is 538 g/mol. The smallest absolute Gasteiger partial charge is 0.185 e. The van der Waals surface area contributed by atoms with Crippen LogP contribution in [0.2, 0.25) is 0 Å². The van der Waals surface area contributed by atoms with Crippen molar-refractivity contribution >= 4 is 47.0 Å². The zero-order valence-corrected chi connectivity index (χ0v) is 24.3. The first kappa shape index (κ1) is 27.1. The van der Waals surface area contributed by atoms with Gasteiger partial charge < -0.3 is 4.90 Å². The molecule has 4 rings (SSSR count). The highest BCUT2D eigenvalue weighted by Gasteiger charge is 2.34. The van der Waals surface area contributed by atoms with Gasteiger partial charge in [0.2, 0.25) is 0 Å². The van der Waals surface area contributed by atoms with Crippen molar-refractivity contribution in [2.45, 2.75) is 60.8 Å². The molecule has 0 spiro atoms. The molecule has 0 aliphatic heterocycles. The Morgan fingerprint density at radius 1 is 0.676 bits per heavy atom. The predicted octanol–water partition coefficient (Wildman–Crippen LogP) is 6.27. The molecule has 0 amide bonds. The normalized spacial score (nSPS) is 13.3. The minimum Gasteiger partial charge on any atom is -0.377 e. The molecular weight excluding hydrogens is 504 g/mol. The summed E-state index contributed by atoms with van der Waals surface area (Å²) in [7, 11) is -3.47. The van der Waals surface area contributed by atoms with Gasteiger partial charge in [-0.2, -0.15) is 0 Å². The predicted molar refractivity (Wildman–Crippen MR) is 153 cm³/mol. The van der Waals surface area contributed by atoms with E-state index >= 15 is 0 Å². The molecule has 1 heterocycles. The maximum absolute atomic E-state index is 13.5. The Hall–Kier alpha value is -2.97. The highest BCUT2D eigenvalue weighted by Crippen LogP contribution is 2.39. The van der Waals surface area contributed by atoms with Crippen molar-refractivity contribution in [3.8, 4) is 11.3 Å². The molecule has 0 bridgehead atoms. The molecule has 0 saturated carbocycles. The maximum Gasteiger partial charge on any atom is 0.185 e. The molecule has 37 heavy (non-hydrogen) atoms. The van der Waals surface area contributed by atoms with E-state index in [-0.39, 0.29) is 9.79 Å². The highest BCUT2D eigenvalue weighted by atomic mass is 32.2. The molecule has 0 atom stereocenters. The molecule has 0 aliphatic rings. The number of rotatable bonds is 4. The van der Waals surface area contributed by atoms with Crippen molar-refractivity contribution < 1.29 is 16.8 Å². The lowest BCUT2D eigenvalue weighted by Crippen LogP contribution is -2.28. The van der Waals surface area contributed by atoms with Gasteiger partial charge in [0.25, 0.3) is 0 Å². The number of anilines is 1. The molecule has 0 unspecified atom stereocenters. The van der Waals surface area contributed by atoms with E-state index in [1.54, 1.807) is 65.8 Å². The number of pyridine rings is 1. The first-order chi connectivity index (χ1) is 17.0. The zero-order valence-electron chi connectivity index (χ0n) is 22.6. The Morgan fingerprint density at radius 2 is 1.24 bits per heavy atom. The number of benzene rings is 3. The van der Waals surface area contributed by atoms with Crippen molar-refractivity contribution in [3.63, 3.8) is 0 Å². The number of para-hydroxylation sites is 1.